The van der Waals surface area contributed by atoms with Crippen LogP contribution in [0.2, 0.25) is 0 Å². The van der Waals surface area contributed by atoms with Crippen LogP contribution in [0.1, 0.15) is 37.0 Å². The molecule has 0 radical (unpaired) electrons. The lowest BCUT2D eigenvalue weighted by molar-refractivity contribution is -0.125. The number of amides is 2. The van der Waals surface area contributed by atoms with Gasteiger partial charge in [0.2, 0.25) is 0 Å². The average Bonchev–Trinajstić information content (AvgIpc) is 2.52. The van der Waals surface area contributed by atoms with E-state index < -0.39 is 6.10 Å². The van der Waals surface area contributed by atoms with E-state index in [2.05, 4.69) is 6.92 Å². The van der Waals surface area contributed by atoms with Gasteiger partial charge in [0.25, 0.3) is 11.8 Å². The van der Waals surface area contributed by atoms with E-state index in [4.69, 9.17) is 4.74 Å². The predicted molar refractivity (Wildman–Crippen MR) is 84.2 cm³/mol. The Bertz CT molecular complexity index is 606. The zero-order chi connectivity index (χ0) is 15.9. The Morgan fingerprint density at radius 1 is 1.23 bits per heavy atom. The number of benzene rings is 1. The molecule has 1 atom stereocenters. The van der Waals surface area contributed by atoms with Gasteiger partial charge >= 0.3 is 0 Å². The normalized spacial score (nSPS) is 22.3. The van der Waals surface area contributed by atoms with Crippen molar-refractivity contribution in [1.82, 2.24) is 4.90 Å². The van der Waals surface area contributed by atoms with Gasteiger partial charge < -0.3 is 14.5 Å². The number of likely N-dealkylation sites (N-methyl/N-ethyl adjacent to an activating group) is 1. The minimum Gasteiger partial charge on any atom is -0.479 e. The van der Waals surface area contributed by atoms with E-state index in [-0.39, 0.29) is 11.8 Å². The van der Waals surface area contributed by atoms with E-state index in [1.165, 1.54) is 0 Å². The van der Waals surface area contributed by atoms with Crippen LogP contribution in [-0.4, -0.2) is 43.0 Å². The highest BCUT2D eigenvalue weighted by Gasteiger charge is 2.30. The lowest BCUT2D eigenvalue weighted by Crippen LogP contribution is -2.42. The third kappa shape index (κ3) is 2.56. The van der Waals surface area contributed by atoms with Gasteiger partial charge in [-0.05, 0) is 43.9 Å². The molecule has 1 aromatic rings. The fourth-order valence-electron chi connectivity index (χ4n) is 3.05. The molecule has 2 aliphatic rings. The number of nitrogens with zero attached hydrogens (tertiary/aromatic N) is 2. The van der Waals surface area contributed by atoms with Crippen molar-refractivity contribution in [2.24, 2.45) is 5.92 Å². The molecule has 0 saturated carbocycles. The van der Waals surface area contributed by atoms with Crippen molar-refractivity contribution >= 4 is 17.5 Å². The summed E-state index contributed by atoms with van der Waals surface area (Å²) < 4.78 is 5.65. The molecule has 0 aromatic heterocycles. The zero-order valence-corrected chi connectivity index (χ0v) is 13.3. The number of anilines is 1. The summed E-state index contributed by atoms with van der Waals surface area (Å²) in [6.45, 7) is 5.57. The Balaban J connectivity index is 1.83. The quantitative estimate of drug-likeness (QED) is 0.800. The van der Waals surface area contributed by atoms with Gasteiger partial charge in [0.1, 0.15) is 5.75 Å². The Hall–Kier alpha value is -2.04. The summed E-state index contributed by atoms with van der Waals surface area (Å²) in [5, 5.41) is 0. The minimum absolute atomic E-state index is 0.0468. The number of hydrogen-bond acceptors (Lipinski definition) is 3. The molecule has 5 heteroatoms. The zero-order valence-electron chi connectivity index (χ0n) is 13.3. The number of ether oxygens (including phenoxy) is 1. The SMILES string of the molecule is CC1CCN(C(=O)c2ccc3c(c2)OC(C)C(=O)N3C)CC1. The van der Waals surface area contributed by atoms with Crippen LogP contribution < -0.4 is 9.64 Å². The maximum Gasteiger partial charge on any atom is 0.267 e. The second-order valence-electron chi connectivity index (χ2n) is 6.31. The summed E-state index contributed by atoms with van der Waals surface area (Å²) >= 11 is 0. The van der Waals surface area contributed by atoms with E-state index in [1.54, 1.807) is 37.1 Å². The number of hydrogen-bond donors (Lipinski definition) is 0. The topological polar surface area (TPSA) is 49.9 Å². The van der Waals surface area contributed by atoms with Gasteiger partial charge in [-0.25, -0.2) is 0 Å². The summed E-state index contributed by atoms with van der Waals surface area (Å²) in [6, 6.07) is 5.33. The number of piperidine rings is 1. The maximum absolute atomic E-state index is 12.6. The largest absolute Gasteiger partial charge is 0.479 e. The number of carbonyl (C=O) groups is 2. The lowest BCUT2D eigenvalue weighted by Gasteiger charge is -2.32. The van der Waals surface area contributed by atoms with Crippen LogP contribution in [0.3, 0.4) is 0 Å². The first kappa shape index (κ1) is 14.9. The monoisotopic (exact) mass is 302 g/mol. The van der Waals surface area contributed by atoms with E-state index in [0.29, 0.717) is 22.9 Å². The highest BCUT2D eigenvalue weighted by molar-refractivity contribution is 6.01. The molecule has 0 spiro atoms. The van der Waals surface area contributed by atoms with Crippen LogP contribution in [0.5, 0.6) is 5.75 Å². The van der Waals surface area contributed by atoms with Gasteiger partial charge in [-0.1, -0.05) is 6.92 Å². The summed E-state index contributed by atoms with van der Waals surface area (Å²) in [4.78, 5) is 28.0. The summed E-state index contributed by atoms with van der Waals surface area (Å²) in [6.07, 6.45) is 1.60. The van der Waals surface area contributed by atoms with E-state index in [9.17, 15) is 9.59 Å². The van der Waals surface area contributed by atoms with Gasteiger partial charge in [-0.15, -0.1) is 0 Å². The molecule has 2 heterocycles. The Morgan fingerprint density at radius 2 is 1.91 bits per heavy atom. The molecule has 22 heavy (non-hydrogen) atoms. The lowest BCUT2D eigenvalue weighted by atomic mass is 9.98. The number of carbonyl (C=O) groups excluding carboxylic acids is 2. The molecule has 0 N–H and O–H groups in total. The molecule has 0 bridgehead atoms. The minimum atomic E-state index is -0.515. The van der Waals surface area contributed by atoms with Crippen molar-refractivity contribution in [2.45, 2.75) is 32.8 Å². The molecule has 1 fully saturated rings. The van der Waals surface area contributed by atoms with Gasteiger partial charge in [-0.2, -0.15) is 0 Å². The van der Waals surface area contributed by atoms with Crippen LogP contribution in [0.25, 0.3) is 0 Å². The van der Waals surface area contributed by atoms with E-state index in [0.717, 1.165) is 25.9 Å². The van der Waals surface area contributed by atoms with Crippen LogP contribution in [0, 0.1) is 5.92 Å². The summed E-state index contributed by atoms with van der Waals surface area (Å²) in [7, 11) is 1.73. The van der Waals surface area contributed by atoms with Crippen LogP contribution in [0.4, 0.5) is 5.69 Å². The predicted octanol–water partition coefficient (Wildman–Crippen LogP) is 2.30. The van der Waals surface area contributed by atoms with Gasteiger partial charge in [-0.3, -0.25) is 9.59 Å². The first-order chi connectivity index (χ1) is 10.5. The second-order valence-corrected chi connectivity index (χ2v) is 6.31. The van der Waals surface area contributed by atoms with Crippen molar-refractivity contribution in [2.75, 3.05) is 25.0 Å². The molecule has 118 valence electrons. The third-order valence-electron chi connectivity index (χ3n) is 4.62. The first-order valence-electron chi connectivity index (χ1n) is 7.85. The van der Waals surface area contributed by atoms with Crippen molar-refractivity contribution in [3.8, 4) is 5.75 Å². The van der Waals surface area contributed by atoms with Crippen LogP contribution in [-0.2, 0) is 4.79 Å². The van der Waals surface area contributed by atoms with Gasteiger partial charge in [0.05, 0.1) is 5.69 Å². The van der Waals surface area contributed by atoms with Crippen molar-refractivity contribution < 1.29 is 14.3 Å². The Morgan fingerprint density at radius 3 is 2.59 bits per heavy atom. The molecule has 1 saturated heterocycles. The maximum atomic E-state index is 12.6. The molecule has 5 nitrogen and oxygen atoms in total. The fraction of sp³-hybridized carbons (Fsp3) is 0.529. The number of rotatable bonds is 1. The molecule has 2 amide bonds. The van der Waals surface area contributed by atoms with Crippen molar-refractivity contribution in [3.05, 3.63) is 23.8 Å². The molecular formula is C17H22N2O3. The molecular weight excluding hydrogens is 280 g/mol. The summed E-state index contributed by atoms with van der Waals surface area (Å²) in [5.41, 5.74) is 1.34. The van der Waals surface area contributed by atoms with Crippen LogP contribution >= 0.6 is 0 Å². The third-order valence-corrected chi connectivity index (χ3v) is 4.62. The summed E-state index contributed by atoms with van der Waals surface area (Å²) in [5.74, 6) is 1.27. The molecule has 1 aromatic carbocycles. The van der Waals surface area contributed by atoms with Gasteiger partial charge in [0.15, 0.2) is 6.10 Å². The fourth-order valence-corrected chi connectivity index (χ4v) is 3.05. The van der Waals surface area contributed by atoms with Crippen molar-refractivity contribution in [3.63, 3.8) is 0 Å². The Kier molecular flexibility index (Phi) is 3.81. The average molecular weight is 302 g/mol. The first-order valence-corrected chi connectivity index (χ1v) is 7.85. The smallest absolute Gasteiger partial charge is 0.267 e. The van der Waals surface area contributed by atoms with E-state index >= 15 is 0 Å². The van der Waals surface area contributed by atoms with E-state index in [1.807, 2.05) is 4.90 Å². The standard InChI is InChI=1S/C17H22N2O3/c1-11-6-8-19(9-7-11)17(21)13-4-5-14-15(10-13)22-12(2)16(20)18(14)3/h4-5,10-12H,6-9H2,1-3H3. The highest BCUT2D eigenvalue weighted by atomic mass is 16.5. The molecule has 2 aliphatic heterocycles. The number of fused-ring (bicyclic) bond motifs is 1. The van der Waals surface area contributed by atoms with Gasteiger partial charge in [0, 0.05) is 25.7 Å². The molecule has 3 rings (SSSR count). The molecule has 0 aliphatic carbocycles. The van der Waals surface area contributed by atoms with Crippen LogP contribution in [0.15, 0.2) is 18.2 Å². The highest BCUT2D eigenvalue weighted by Crippen LogP contribution is 2.34. The van der Waals surface area contributed by atoms with Crippen molar-refractivity contribution in [1.29, 1.82) is 0 Å². The Labute approximate surface area is 130 Å². The number of likely N-dealkylation sites (tertiary alicyclic amines) is 1. The second kappa shape index (κ2) is 5.63. The molecule has 1 unspecified atom stereocenters.